The molecule has 2 aromatic rings. The monoisotopic (exact) mass is 243 g/mol. The highest BCUT2D eigenvalue weighted by Gasteiger charge is 2.03. The van der Waals surface area contributed by atoms with Crippen LogP contribution < -0.4 is 5.32 Å². The summed E-state index contributed by atoms with van der Waals surface area (Å²) in [7, 11) is 0. The summed E-state index contributed by atoms with van der Waals surface area (Å²) in [5.74, 6) is -0.360. The lowest BCUT2D eigenvalue weighted by Gasteiger charge is -2.05. The van der Waals surface area contributed by atoms with E-state index in [9.17, 15) is 4.79 Å². The molecular formula is C13H13N3O2. The van der Waals surface area contributed by atoms with Crippen molar-refractivity contribution in [1.29, 1.82) is 0 Å². The number of hydrogen-bond donors (Lipinski definition) is 2. The summed E-state index contributed by atoms with van der Waals surface area (Å²) < 4.78 is 0. The van der Waals surface area contributed by atoms with Crippen LogP contribution in [0.2, 0.25) is 0 Å². The Labute approximate surface area is 104 Å². The van der Waals surface area contributed by atoms with E-state index in [4.69, 9.17) is 5.11 Å². The molecular weight excluding hydrogens is 230 g/mol. The van der Waals surface area contributed by atoms with Crippen molar-refractivity contribution in [3.63, 3.8) is 0 Å². The Morgan fingerprint density at radius 3 is 2.72 bits per heavy atom. The number of hydrogen-bond acceptors (Lipinski definition) is 4. The zero-order valence-corrected chi connectivity index (χ0v) is 9.92. The van der Waals surface area contributed by atoms with Crippen molar-refractivity contribution in [2.45, 2.75) is 13.3 Å². The molecule has 0 spiro atoms. The highest BCUT2D eigenvalue weighted by Crippen LogP contribution is 2.15. The van der Waals surface area contributed by atoms with Crippen LogP contribution in [0.3, 0.4) is 0 Å². The lowest BCUT2D eigenvalue weighted by atomic mass is 10.2. The van der Waals surface area contributed by atoms with Gasteiger partial charge >= 0.3 is 5.97 Å². The summed E-state index contributed by atoms with van der Waals surface area (Å²) in [4.78, 5) is 10.8. The van der Waals surface area contributed by atoms with Crippen molar-refractivity contribution < 1.29 is 9.90 Å². The zero-order valence-electron chi connectivity index (χ0n) is 9.92. The summed E-state index contributed by atoms with van der Waals surface area (Å²) in [6, 6.07) is 10.3. The predicted octanol–water partition coefficient (Wildman–Crippen LogP) is 2.48. The number of aromatic nitrogens is 2. The standard InChI is InChI=1S/C13H13N3O2/c1-2-10-6-7-12(16-15-10)14-11-5-3-4-9(8-11)13(17)18/h3-8H,2H2,1H3,(H,14,16)(H,17,18). The number of benzene rings is 1. The van der Waals surface area contributed by atoms with E-state index in [2.05, 4.69) is 15.5 Å². The van der Waals surface area contributed by atoms with Gasteiger partial charge in [-0.1, -0.05) is 13.0 Å². The first-order valence-corrected chi connectivity index (χ1v) is 5.62. The third-order valence-electron chi connectivity index (χ3n) is 2.46. The minimum atomic E-state index is -0.953. The highest BCUT2D eigenvalue weighted by molar-refractivity contribution is 5.89. The molecule has 0 saturated carbocycles. The van der Waals surface area contributed by atoms with Crippen molar-refractivity contribution in [2.24, 2.45) is 0 Å². The van der Waals surface area contributed by atoms with Crippen molar-refractivity contribution in [3.8, 4) is 0 Å². The average Bonchev–Trinajstić information content (AvgIpc) is 2.40. The van der Waals surface area contributed by atoms with Crippen LogP contribution in [-0.2, 0) is 6.42 Å². The van der Waals surface area contributed by atoms with Crippen molar-refractivity contribution >= 4 is 17.5 Å². The van der Waals surface area contributed by atoms with E-state index < -0.39 is 5.97 Å². The minimum absolute atomic E-state index is 0.234. The molecule has 0 aliphatic rings. The molecule has 1 heterocycles. The molecule has 1 aromatic heterocycles. The van der Waals surface area contributed by atoms with Crippen LogP contribution in [-0.4, -0.2) is 21.3 Å². The molecule has 0 unspecified atom stereocenters. The predicted molar refractivity (Wildman–Crippen MR) is 68.1 cm³/mol. The third kappa shape index (κ3) is 2.82. The Morgan fingerprint density at radius 1 is 1.28 bits per heavy atom. The van der Waals surface area contributed by atoms with E-state index in [1.54, 1.807) is 24.3 Å². The molecule has 1 aromatic carbocycles. The van der Waals surface area contributed by atoms with Gasteiger partial charge < -0.3 is 10.4 Å². The number of aryl methyl sites for hydroxylation is 1. The SMILES string of the molecule is CCc1ccc(Nc2cccc(C(=O)O)c2)nn1. The largest absolute Gasteiger partial charge is 0.478 e. The minimum Gasteiger partial charge on any atom is -0.478 e. The smallest absolute Gasteiger partial charge is 0.335 e. The molecule has 2 N–H and O–H groups in total. The summed E-state index contributed by atoms with van der Waals surface area (Å²) in [6.45, 7) is 2.01. The Bertz CT molecular complexity index is 552. The molecule has 0 radical (unpaired) electrons. The zero-order chi connectivity index (χ0) is 13.0. The molecule has 0 amide bonds. The number of rotatable bonds is 4. The molecule has 0 aliphatic carbocycles. The van der Waals surface area contributed by atoms with Crippen LogP contribution in [0.4, 0.5) is 11.5 Å². The number of aromatic carboxylic acids is 1. The number of carboxylic acids is 1. The van der Waals surface area contributed by atoms with Crippen LogP contribution in [0.1, 0.15) is 23.0 Å². The Kier molecular flexibility index (Phi) is 3.52. The van der Waals surface area contributed by atoms with Gasteiger partial charge in [0, 0.05) is 5.69 Å². The number of carbonyl (C=O) groups is 1. The van der Waals surface area contributed by atoms with E-state index in [-0.39, 0.29) is 5.56 Å². The number of carboxylic acid groups (broad SMARTS) is 1. The topological polar surface area (TPSA) is 75.1 Å². The Hall–Kier alpha value is -2.43. The van der Waals surface area contributed by atoms with E-state index in [0.717, 1.165) is 12.1 Å². The van der Waals surface area contributed by atoms with Crippen LogP contribution in [0.5, 0.6) is 0 Å². The third-order valence-corrected chi connectivity index (χ3v) is 2.46. The molecule has 0 atom stereocenters. The summed E-state index contributed by atoms with van der Waals surface area (Å²) in [5, 5.41) is 19.9. The maximum absolute atomic E-state index is 10.8. The molecule has 0 saturated heterocycles. The van der Waals surface area contributed by atoms with Gasteiger partial charge in [-0.15, -0.1) is 5.10 Å². The quantitative estimate of drug-likeness (QED) is 0.862. The Balaban J connectivity index is 2.17. The maximum atomic E-state index is 10.8. The van der Waals surface area contributed by atoms with Crippen LogP contribution >= 0.6 is 0 Å². The maximum Gasteiger partial charge on any atom is 0.335 e. The normalized spacial score (nSPS) is 10.1. The van der Waals surface area contributed by atoms with Gasteiger partial charge in [0.05, 0.1) is 11.3 Å². The molecule has 0 fully saturated rings. The van der Waals surface area contributed by atoms with Gasteiger partial charge in [0.2, 0.25) is 0 Å². The number of nitrogens with zero attached hydrogens (tertiary/aromatic N) is 2. The molecule has 92 valence electrons. The second-order valence-corrected chi connectivity index (χ2v) is 3.77. The first-order valence-electron chi connectivity index (χ1n) is 5.62. The van der Waals surface area contributed by atoms with Gasteiger partial charge in [-0.3, -0.25) is 0 Å². The first kappa shape index (κ1) is 12.0. The van der Waals surface area contributed by atoms with Crippen LogP contribution in [0.25, 0.3) is 0 Å². The molecule has 2 rings (SSSR count). The van der Waals surface area contributed by atoms with E-state index in [1.165, 1.54) is 0 Å². The van der Waals surface area contributed by atoms with Gasteiger partial charge in [0.25, 0.3) is 0 Å². The fourth-order valence-corrected chi connectivity index (χ4v) is 1.49. The summed E-state index contributed by atoms with van der Waals surface area (Å²) >= 11 is 0. The van der Waals surface area contributed by atoms with E-state index in [1.807, 2.05) is 19.1 Å². The summed E-state index contributed by atoms with van der Waals surface area (Å²) in [5.41, 5.74) is 1.83. The highest BCUT2D eigenvalue weighted by atomic mass is 16.4. The fraction of sp³-hybridized carbons (Fsp3) is 0.154. The van der Waals surface area contributed by atoms with E-state index in [0.29, 0.717) is 11.5 Å². The average molecular weight is 243 g/mol. The molecule has 0 bridgehead atoms. The van der Waals surface area contributed by atoms with Gasteiger partial charge in [-0.05, 0) is 36.8 Å². The summed E-state index contributed by atoms with van der Waals surface area (Å²) in [6.07, 6.45) is 0.835. The second kappa shape index (κ2) is 5.27. The molecule has 5 heteroatoms. The van der Waals surface area contributed by atoms with Gasteiger partial charge in [-0.2, -0.15) is 5.10 Å². The van der Waals surface area contributed by atoms with Crippen molar-refractivity contribution in [1.82, 2.24) is 10.2 Å². The number of nitrogens with one attached hydrogen (secondary N) is 1. The second-order valence-electron chi connectivity index (χ2n) is 3.77. The van der Waals surface area contributed by atoms with Crippen molar-refractivity contribution in [2.75, 3.05) is 5.32 Å². The molecule has 5 nitrogen and oxygen atoms in total. The van der Waals surface area contributed by atoms with Gasteiger partial charge in [0.15, 0.2) is 5.82 Å². The van der Waals surface area contributed by atoms with Gasteiger partial charge in [-0.25, -0.2) is 4.79 Å². The van der Waals surface area contributed by atoms with Crippen LogP contribution in [0, 0.1) is 0 Å². The molecule has 0 aliphatic heterocycles. The fourth-order valence-electron chi connectivity index (χ4n) is 1.49. The Morgan fingerprint density at radius 2 is 2.11 bits per heavy atom. The van der Waals surface area contributed by atoms with Gasteiger partial charge in [0.1, 0.15) is 0 Å². The first-order chi connectivity index (χ1) is 8.69. The lowest BCUT2D eigenvalue weighted by Crippen LogP contribution is -2.00. The van der Waals surface area contributed by atoms with Crippen molar-refractivity contribution in [3.05, 3.63) is 47.7 Å². The molecule has 18 heavy (non-hydrogen) atoms. The number of anilines is 2. The lowest BCUT2D eigenvalue weighted by molar-refractivity contribution is 0.0697. The van der Waals surface area contributed by atoms with Crippen LogP contribution in [0.15, 0.2) is 36.4 Å². The van der Waals surface area contributed by atoms with E-state index >= 15 is 0 Å².